The zero-order valence-electron chi connectivity index (χ0n) is 10.1. The smallest absolute Gasteiger partial charge is 0.336 e. The topological polar surface area (TPSA) is 136 Å². The van der Waals surface area contributed by atoms with E-state index in [0.717, 1.165) is 12.1 Å². The van der Waals surface area contributed by atoms with E-state index in [-0.39, 0.29) is 11.7 Å². The minimum Gasteiger partial charge on any atom is -0.478 e. The fourth-order valence-corrected chi connectivity index (χ4v) is 1.46. The number of carboxylic acid groups (broad SMARTS) is 1. The molecule has 0 atom stereocenters. The SMILES string of the molecule is CC(C)Nc1c([N+](=O)[O-])cc(C(=O)O)cc1[N+](=O)[O-]. The molecule has 9 heteroatoms. The summed E-state index contributed by atoms with van der Waals surface area (Å²) in [6.45, 7) is 3.30. The van der Waals surface area contributed by atoms with Crippen LogP contribution in [-0.2, 0) is 0 Å². The summed E-state index contributed by atoms with van der Waals surface area (Å²) < 4.78 is 0. The van der Waals surface area contributed by atoms with Crippen molar-refractivity contribution in [2.24, 2.45) is 0 Å². The van der Waals surface area contributed by atoms with Gasteiger partial charge in [-0.3, -0.25) is 20.2 Å². The van der Waals surface area contributed by atoms with Crippen LogP contribution in [0.2, 0.25) is 0 Å². The summed E-state index contributed by atoms with van der Waals surface area (Å²) >= 11 is 0. The first-order chi connectivity index (χ1) is 8.73. The van der Waals surface area contributed by atoms with Crippen LogP contribution in [0.4, 0.5) is 17.1 Å². The summed E-state index contributed by atoms with van der Waals surface area (Å²) in [6.07, 6.45) is 0. The lowest BCUT2D eigenvalue weighted by atomic mass is 10.1. The van der Waals surface area contributed by atoms with Gasteiger partial charge in [0.05, 0.1) is 15.4 Å². The molecule has 1 rings (SSSR count). The standard InChI is InChI=1S/C10H11N3O6/c1-5(2)11-9-7(12(16)17)3-6(10(14)15)4-8(9)13(18)19/h3-5,11H,1-2H3,(H,14,15). The van der Waals surface area contributed by atoms with Crippen molar-refractivity contribution in [2.45, 2.75) is 19.9 Å². The number of carboxylic acids is 1. The second kappa shape index (κ2) is 5.29. The number of aromatic carboxylic acids is 1. The molecule has 9 nitrogen and oxygen atoms in total. The Labute approximate surface area is 107 Å². The van der Waals surface area contributed by atoms with E-state index >= 15 is 0 Å². The van der Waals surface area contributed by atoms with Crippen LogP contribution in [0.3, 0.4) is 0 Å². The van der Waals surface area contributed by atoms with E-state index in [1.165, 1.54) is 0 Å². The molecule has 0 unspecified atom stereocenters. The summed E-state index contributed by atoms with van der Waals surface area (Å²) in [5.74, 6) is -1.47. The molecular weight excluding hydrogens is 258 g/mol. The average molecular weight is 269 g/mol. The van der Waals surface area contributed by atoms with Gasteiger partial charge in [0.2, 0.25) is 0 Å². The van der Waals surface area contributed by atoms with Gasteiger partial charge in [0.25, 0.3) is 11.4 Å². The molecule has 0 spiro atoms. The monoisotopic (exact) mass is 269 g/mol. The Balaban J connectivity index is 3.60. The molecule has 0 saturated carbocycles. The van der Waals surface area contributed by atoms with Crippen LogP contribution in [0.5, 0.6) is 0 Å². The molecule has 1 aromatic rings. The number of nitrogens with one attached hydrogen (secondary N) is 1. The predicted octanol–water partition coefficient (Wildman–Crippen LogP) is 2.02. The molecule has 0 aromatic heterocycles. The molecule has 0 bridgehead atoms. The second-order valence-electron chi connectivity index (χ2n) is 4.01. The lowest BCUT2D eigenvalue weighted by molar-refractivity contribution is -0.392. The number of nitro groups is 2. The molecule has 0 amide bonds. The molecule has 0 heterocycles. The Hall–Kier alpha value is -2.71. The Morgan fingerprint density at radius 3 is 1.89 bits per heavy atom. The average Bonchev–Trinajstić information content (AvgIpc) is 2.27. The molecule has 102 valence electrons. The number of anilines is 1. The van der Waals surface area contributed by atoms with Crippen LogP contribution < -0.4 is 5.32 Å². The maximum Gasteiger partial charge on any atom is 0.336 e. The van der Waals surface area contributed by atoms with Crippen LogP contribution in [0.15, 0.2) is 12.1 Å². The zero-order chi connectivity index (χ0) is 14.7. The zero-order valence-corrected chi connectivity index (χ0v) is 10.1. The van der Waals surface area contributed by atoms with E-state index in [9.17, 15) is 25.0 Å². The number of hydrogen-bond acceptors (Lipinski definition) is 6. The lowest BCUT2D eigenvalue weighted by Crippen LogP contribution is -2.14. The van der Waals surface area contributed by atoms with Crippen molar-refractivity contribution < 1.29 is 19.7 Å². The summed E-state index contributed by atoms with van der Waals surface area (Å²) in [5, 5.41) is 33.2. The van der Waals surface area contributed by atoms with Gasteiger partial charge in [0.15, 0.2) is 5.69 Å². The van der Waals surface area contributed by atoms with Gasteiger partial charge in [0.1, 0.15) is 0 Å². The lowest BCUT2D eigenvalue weighted by Gasteiger charge is -2.11. The van der Waals surface area contributed by atoms with E-state index in [0.29, 0.717) is 0 Å². The first kappa shape index (κ1) is 14.4. The summed E-state index contributed by atoms with van der Waals surface area (Å²) in [5.41, 5.74) is -2.08. The fourth-order valence-electron chi connectivity index (χ4n) is 1.46. The minimum absolute atomic E-state index is 0.284. The fraction of sp³-hybridized carbons (Fsp3) is 0.300. The molecular formula is C10H11N3O6. The summed E-state index contributed by atoms with van der Waals surface area (Å²) in [6, 6.07) is 1.30. The highest BCUT2D eigenvalue weighted by atomic mass is 16.6. The van der Waals surface area contributed by atoms with E-state index in [1.54, 1.807) is 13.8 Å². The van der Waals surface area contributed by atoms with Gasteiger partial charge in [-0.15, -0.1) is 0 Å². The van der Waals surface area contributed by atoms with E-state index in [1.807, 2.05) is 0 Å². The highest BCUT2D eigenvalue weighted by Gasteiger charge is 2.28. The van der Waals surface area contributed by atoms with Gasteiger partial charge >= 0.3 is 5.97 Å². The van der Waals surface area contributed by atoms with Gasteiger partial charge in [-0.25, -0.2) is 4.79 Å². The maximum atomic E-state index is 10.9. The van der Waals surface area contributed by atoms with Crippen LogP contribution >= 0.6 is 0 Å². The van der Waals surface area contributed by atoms with Crippen molar-refractivity contribution >= 4 is 23.0 Å². The minimum atomic E-state index is -1.47. The van der Waals surface area contributed by atoms with Crippen LogP contribution in [-0.4, -0.2) is 27.0 Å². The summed E-state index contributed by atoms with van der Waals surface area (Å²) in [4.78, 5) is 30.9. The highest BCUT2D eigenvalue weighted by molar-refractivity contribution is 5.92. The van der Waals surface area contributed by atoms with Gasteiger partial charge in [-0.1, -0.05) is 0 Å². The third-order valence-corrected chi connectivity index (χ3v) is 2.17. The van der Waals surface area contributed by atoms with Crippen molar-refractivity contribution in [3.63, 3.8) is 0 Å². The Kier molecular flexibility index (Phi) is 4.00. The predicted molar refractivity (Wildman–Crippen MR) is 65.5 cm³/mol. The Bertz CT molecular complexity index is 519. The first-order valence-electron chi connectivity index (χ1n) is 5.20. The van der Waals surface area contributed by atoms with Crippen molar-refractivity contribution in [1.29, 1.82) is 0 Å². The molecule has 0 fully saturated rings. The molecule has 0 saturated heterocycles. The molecule has 2 N–H and O–H groups in total. The normalized spacial score (nSPS) is 10.3. The van der Waals surface area contributed by atoms with E-state index in [2.05, 4.69) is 5.32 Å². The van der Waals surface area contributed by atoms with Gasteiger partial charge in [0, 0.05) is 18.2 Å². The quantitative estimate of drug-likeness (QED) is 0.616. The molecule has 1 aromatic carbocycles. The van der Waals surface area contributed by atoms with Gasteiger partial charge < -0.3 is 10.4 Å². The van der Waals surface area contributed by atoms with Crippen LogP contribution in [0, 0.1) is 20.2 Å². The van der Waals surface area contributed by atoms with E-state index < -0.39 is 32.8 Å². The molecule has 0 aliphatic carbocycles. The second-order valence-corrected chi connectivity index (χ2v) is 4.01. The van der Waals surface area contributed by atoms with Crippen LogP contribution in [0.1, 0.15) is 24.2 Å². The number of nitrogens with zero attached hydrogens (tertiary/aromatic N) is 2. The molecule has 0 aliphatic heterocycles. The molecule has 0 aliphatic rings. The number of carbonyl (C=O) groups is 1. The number of benzene rings is 1. The van der Waals surface area contributed by atoms with Gasteiger partial charge in [-0.2, -0.15) is 0 Å². The maximum absolute atomic E-state index is 10.9. The third kappa shape index (κ3) is 3.15. The Morgan fingerprint density at radius 2 is 1.63 bits per heavy atom. The third-order valence-electron chi connectivity index (χ3n) is 2.17. The van der Waals surface area contributed by atoms with Gasteiger partial charge in [-0.05, 0) is 13.8 Å². The number of rotatable bonds is 5. The molecule has 19 heavy (non-hydrogen) atoms. The van der Waals surface area contributed by atoms with Crippen molar-refractivity contribution in [3.8, 4) is 0 Å². The number of hydrogen-bond donors (Lipinski definition) is 2. The molecule has 0 radical (unpaired) electrons. The summed E-state index contributed by atoms with van der Waals surface area (Å²) in [7, 11) is 0. The van der Waals surface area contributed by atoms with Crippen LogP contribution in [0.25, 0.3) is 0 Å². The highest BCUT2D eigenvalue weighted by Crippen LogP contribution is 2.36. The Morgan fingerprint density at radius 1 is 1.21 bits per heavy atom. The number of nitro benzene ring substituents is 2. The van der Waals surface area contributed by atoms with Crippen molar-refractivity contribution in [2.75, 3.05) is 5.32 Å². The largest absolute Gasteiger partial charge is 0.478 e. The first-order valence-corrected chi connectivity index (χ1v) is 5.20. The van der Waals surface area contributed by atoms with Crippen molar-refractivity contribution in [3.05, 3.63) is 37.9 Å². The van der Waals surface area contributed by atoms with E-state index in [4.69, 9.17) is 5.11 Å². The van der Waals surface area contributed by atoms with Crippen molar-refractivity contribution in [1.82, 2.24) is 0 Å².